The second-order valence-corrected chi connectivity index (χ2v) is 6.78. The summed E-state index contributed by atoms with van der Waals surface area (Å²) in [4.78, 5) is 2.86. The van der Waals surface area contributed by atoms with Gasteiger partial charge in [-0.15, -0.1) is 0 Å². The minimum absolute atomic E-state index is 0.944. The van der Waals surface area contributed by atoms with Gasteiger partial charge >= 0.3 is 0 Å². The van der Waals surface area contributed by atoms with E-state index in [1.807, 2.05) is 0 Å². The number of nitrogens with zero attached hydrogens (tertiary/aromatic N) is 1. The fraction of sp³-hybridized carbons (Fsp3) is 1.00. The Balaban J connectivity index is 1.50. The fourth-order valence-corrected chi connectivity index (χ4v) is 4.47. The molecule has 3 aliphatic rings. The van der Waals surface area contributed by atoms with Crippen molar-refractivity contribution in [3.8, 4) is 0 Å². The van der Waals surface area contributed by atoms with Crippen molar-refractivity contribution < 1.29 is 0 Å². The molecule has 104 valence electrons. The monoisotopic (exact) mass is 250 g/mol. The van der Waals surface area contributed by atoms with E-state index in [2.05, 4.69) is 10.2 Å². The molecule has 0 aromatic rings. The minimum atomic E-state index is 0.944. The van der Waals surface area contributed by atoms with E-state index < -0.39 is 0 Å². The summed E-state index contributed by atoms with van der Waals surface area (Å²) in [5.41, 5.74) is 0. The molecule has 1 saturated carbocycles. The fourth-order valence-electron chi connectivity index (χ4n) is 4.47. The highest BCUT2D eigenvalue weighted by atomic mass is 15.2. The Morgan fingerprint density at radius 3 is 2.17 bits per heavy atom. The number of hydrogen-bond acceptors (Lipinski definition) is 2. The third-order valence-electron chi connectivity index (χ3n) is 5.65. The predicted molar refractivity (Wildman–Crippen MR) is 76.8 cm³/mol. The maximum absolute atomic E-state index is 3.51. The topological polar surface area (TPSA) is 15.3 Å². The first-order valence-corrected chi connectivity index (χ1v) is 8.38. The molecule has 0 radical (unpaired) electrons. The van der Waals surface area contributed by atoms with E-state index in [0.29, 0.717) is 0 Å². The maximum atomic E-state index is 3.51. The Hall–Kier alpha value is -0.0800. The van der Waals surface area contributed by atoms with Crippen LogP contribution in [0.25, 0.3) is 0 Å². The zero-order chi connectivity index (χ0) is 12.2. The summed E-state index contributed by atoms with van der Waals surface area (Å²) in [7, 11) is 0. The van der Waals surface area contributed by atoms with Crippen LogP contribution in [0.15, 0.2) is 0 Å². The molecule has 2 nitrogen and oxygen atoms in total. The van der Waals surface area contributed by atoms with Gasteiger partial charge in [0.2, 0.25) is 0 Å². The van der Waals surface area contributed by atoms with Crippen molar-refractivity contribution in [3.63, 3.8) is 0 Å². The van der Waals surface area contributed by atoms with Crippen LogP contribution in [0.2, 0.25) is 0 Å². The van der Waals surface area contributed by atoms with Gasteiger partial charge in [0.15, 0.2) is 0 Å². The van der Waals surface area contributed by atoms with Gasteiger partial charge in [-0.25, -0.2) is 0 Å². The van der Waals surface area contributed by atoms with E-state index in [1.54, 1.807) is 0 Å². The molecule has 3 rings (SSSR count). The molecule has 18 heavy (non-hydrogen) atoms. The summed E-state index contributed by atoms with van der Waals surface area (Å²) >= 11 is 0. The third-order valence-corrected chi connectivity index (χ3v) is 5.65. The van der Waals surface area contributed by atoms with Crippen LogP contribution in [0.5, 0.6) is 0 Å². The number of piperidine rings is 1. The highest BCUT2D eigenvalue weighted by Gasteiger charge is 2.33. The van der Waals surface area contributed by atoms with E-state index >= 15 is 0 Å². The highest BCUT2D eigenvalue weighted by Crippen LogP contribution is 2.33. The minimum Gasteiger partial charge on any atom is -0.317 e. The molecule has 2 heteroatoms. The molecule has 1 aliphatic carbocycles. The molecule has 1 atom stereocenters. The summed E-state index contributed by atoms with van der Waals surface area (Å²) in [6.45, 7) is 5.36. The maximum Gasteiger partial charge on any atom is 0.00953 e. The standard InChI is InChI=1S/C16H30N2/c1-2-4-6-16(5-3-1)18-12-9-15(13-18)14-7-10-17-11-8-14/h14-17H,1-13H2. The van der Waals surface area contributed by atoms with Crippen molar-refractivity contribution in [1.82, 2.24) is 10.2 Å². The van der Waals surface area contributed by atoms with Crippen LogP contribution in [0.1, 0.15) is 57.8 Å². The van der Waals surface area contributed by atoms with Crippen LogP contribution in [-0.4, -0.2) is 37.1 Å². The average Bonchev–Trinajstić information content (AvgIpc) is 2.76. The molecule has 0 aromatic carbocycles. The van der Waals surface area contributed by atoms with Crippen molar-refractivity contribution in [2.45, 2.75) is 63.8 Å². The van der Waals surface area contributed by atoms with Gasteiger partial charge in [-0.2, -0.15) is 0 Å². The molecule has 0 amide bonds. The number of hydrogen-bond donors (Lipinski definition) is 1. The molecule has 1 N–H and O–H groups in total. The van der Waals surface area contributed by atoms with E-state index in [9.17, 15) is 0 Å². The van der Waals surface area contributed by atoms with Crippen LogP contribution in [-0.2, 0) is 0 Å². The second-order valence-electron chi connectivity index (χ2n) is 6.78. The van der Waals surface area contributed by atoms with E-state index in [-0.39, 0.29) is 0 Å². The summed E-state index contributed by atoms with van der Waals surface area (Å²) in [6.07, 6.45) is 13.3. The molecule has 0 bridgehead atoms. The van der Waals surface area contributed by atoms with Crippen molar-refractivity contribution in [2.24, 2.45) is 11.8 Å². The van der Waals surface area contributed by atoms with Gasteiger partial charge < -0.3 is 10.2 Å². The number of nitrogens with one attached hydrogen (secondary N) is 1. The molecule has 2 heterocycles. The lowest BCUT2D eigenvalue weighted by Crippen LogP contribution is -2.36. The lowest BCUT2D eigenvalue weighted by atomic mass is 9.84. The normalized spacial score (nSPS) is 33.7. The lowest BCUT2D eigenvalue weighted by Gasteiger charge is -2.30. The van der Waals surface area contributed by atoms with Crippen molar-refractivity contribution in [2.75, 3.05) is 26.2 Å². The second kappa shape index (κ2) is 6.38. The van der Waals surface area contributed by atoms with E-state index in [1.165, 1.54) is 84.0 Å². The summed E-state index contributed by atoms with van der Waals surface area (Å²) in [5, 5.41) is 3.51. The zero-order valence-electron chi connectivity index (χ0n) is 11.9. The molecule has 3 fully saturated rings. The van der Waals surface area contributed by atoms with Crippen LogP contribution in [0.4, 0.5) is 0 Å². The molecular formula is C16H30N2. The number of rotatable bonds is 2. The van der Waals surface area contributed by atoms with Gasteiger partial charge in [-0.1, -0.05) is 25.7 Å². The molecule has 0 aromatic heterocycles. The van der Waals surface area contributed by atoms with Crippen molar-refractivity contribution >= 4 is 0 Å². The predicted octanol–water partition coefficient (Wildman–Crippen LogP) is 3.03. The summed E-state index contributed by atoms with van der Waals surface area (Å²) in [6, 6.07) is 0.944. The molecular weight excluding hydrogens is 220 g/mol. The summed E-state index contributed by atoms with van der Waals surface area (Å²) < 4.78 is 0. The van der Waals surface area contributed by atoms with Crippen LogP contribution >= 0.6 is 0 Å². The quantitative estimate of drug-likeness (QED) is 0.758. The first-order valence-electron chi connectivity index (χ1n) is 8.38. The van der Waals surface area contributed by atoms with Gasteiger partial charge in [0, 0.05) is 12.6 Å². The Kier molecular flexibility index (Phi) is 4.58. The lowest BCUT2D eigenvalue weighted by molar-refractivity contribution is 0.192. The van der Waals surface area contributed by atoms with Gasteiger partial charge in [0.05, 0.1) is 0 Å². The van der Waals surface area contributed by atoms with Gasteiger partial charge in [0.1, 0.15) is 0 Å². The highest BCUT2D eigenvalue weighted by molar-refractivity contribution is 4.87. The SMILES string of the molecule is C1CCCC(N2CCC(C3CCNCC3)C2)CC1. The van der Waals surface area contributed by atoms with Crippen molar-refractivity contribution in [1.29, 1.82) is 0 Å². The Bertz CT molecular complexity index is 239. The Morgan fingerprint density at radius 1 is 0.722 bits per heavy atom. The molecule has 2 aliphatic heterocycles. The van der Waals surface area contributed by atoms with Gasteiger partial charge in [0.25, 0.3) is 0 Å². The zero-order valence-corrected chi connectivity index (χ0v) is 11.9. The van der Waals surface area contributed by atoms with E-state index in [0.717, 1.165) is 17.9 Å². The van der Waals surface area contributed by atoms with Crippen LogP contribution in [0, 0.1) is 11.8 Å². The molecule has 2 saturated heterocycles. The largest absolute Gasteiger partial charge is 0.317 e. The van der Waals surface area contributed by atoms with Crippen LogP contribution < -0.4 is 5.32 Å². The molecule has 1 unspecified atom stereocenters. The summed E-state index contributed by atoms with van der Waals surface area (Å²) in [5.74, 6) is 2.05. The van der Waals surface area contributed by atoms with E-state index in [4.69, 9.17) is 0 Å². The smallest absolute Gasteiger partial charge is 0.00953 e. The van der Waals surface area contributed by atoms with Gasteiger partial charge in [-0.05, 0) is 63.6 Å². The van der Waals surface area contributed by atoms with Gasteiger partial charge in [-0.3, -0.25) is 0 Å². The number of likely N-dealkylation sites (tertiary alicyclic amines) is 1. The molecule has 0 spiro atoms. The third kappa shape index (κ3) is 3.08. The van der Waals surface area contributed by atoms with Crippen LogP contribution in [0.3, 0.4) is 0 Å². The Morgan fingerprint density at radius 2 is 1.44 bits per heavy atom. The van der Waals surface area contributed by atoms with Crippen molar-refractivity contribution in [3.05, 3.63) is 0 Å². The average molecular weight is 250 g/mol. The Labute approximate surface area is 113 Å². The first-order chi connectivity index (χ1) is 8.93. The first kappa shape index (κ1) is 12.9.